The van der Waals surface area contributed by atoms with E-state index < -0.39 is 81.3 Å². The van der Waals surface area contributed by atoms with E-state index in [2.05, 4.69) is 0 Å². The van der Waals surface area contributed by atoms with Crippen LogP contribution in [0, 0.1) is 0 Å². The van der Waals surface area contributed by atoms with Crippen LogP contribution in [0.15, 0.2) is 24.3 Å². The number of benzene rings is 1. The van der Waals surface area contributed by atoms with Gasteiger partial charge < -0.3 is 0 Å². The Bertz CT molecular complexity index is 838. The van der Waals surface area contributed by atoms with Crippen LogP contribution in [0.25, 0.3) is 0 Å². The molecule has 34 heavy (non-hydrogen) atoms. The van der Waals surface area contributed by atoms with E-state index >= 15 is 0 Å². The lowest BCUT2D eigenvalue weighted by Gasteiger charge is -2.26. The number of hydrogen-bond acceptors (Lipinski definition) is 4. The molecule has 0 amide bonds. The van der Waals surface area contributed by atoms with Crippen molar-refractivity contribution in [2.45, 2.75) is 47.5 Å². The topological polar surface area (TPSA) is 34.1 Å². The summed E-state index contributed by atoms with van der Waals surface area (Å²) < 4.78 is 177. The predicted octanol–water partition coefficient (Wildman–Crippen LogP) is 6.87. The van der Waals surface area contributed by atoms with Gasteiger partial charge in [-0.2, -0.15) is 61.5 Å². The van der Waals surface area contributed by atoms with Gasteiger partial charge in [0.25, 0.3) is 10.2 Å². The molecular formula is C16H8F14O2S2. The molecule has 0 N–H and O–H groups in total. The zero-order valence-electron chi connectivity index (χ0n) is 15.6. The summed E-state index contributed by atoms with van der Waals surface area (Å²) in [4.78, 5) is 22.5. The van der Waals surface area contributed by atoms with Crippen LogP contribution in [-0.4, -0.2) is 46.3 Å². The van der Waals surface area contributed by atoms with Crippen LogP contribution >= 0.6 is 23.5 Å². The van der Waals surface area contributed by atoms with Crippen molar-refractivity contribution in [3.8, 4) is 0 Å². The third-order valence-corrected chi connectivity index (χ3v) is 5.74. The molecule has 0 unspecified atom stereocenters. The summed E-state index contributed by atoms with van der Waals surface area (Å²) in [5.41, 5.74) is -0.496. The van der Waals surface area contributed by atoms with Gasteiger partial charge in [-0.15, -0.1) is 0 Å². The van der Waals surface area contributed by atoms with Gasteiger partial charge in [0.15, 0.2) is 0 Å². The standard InChI is InChI=1S/C16H8F14O2S2/c17-11(18,13(21,22)15(25,26)27)9(31)33-5-7-2-1-3-8(4-7)6-34-10(32)12(19,20)14(23,24)16(28,29)30/h1-4H,5-6H2. The van der Waals surface area contributed by atoms with Crippen LogP contribution < -0.4 is 0 Å². The SMILES string of the molecule is O=C(SCc1cccc(CSC(=O)C(F)(F)C(F)(F)C(F)(F)F)c1)C(F)(F)C(F)(F)C(F)(F)F. The average molecular weight is 562 g/mol. The highest BCUT2D eigenvalue weighted by atomic mass is 32.2. The van der Waals surface area contributed by atoms with Gasteiger partial charge in [-0.3, -0.25) is 9.59 Å². The molecule has 0 aliphatic heterocycles. The van der Waals surface area contributed by atoms with Gasteiger partial charge in [0, 0.05) is 11.5 Å². The van der Waals surface area contributed by atoms with Crippen LogP contribution in [-0.2, 0) is 21.1 Å². The van der Waals surface area contributed by atoms with E-state index in [0.29, 0.717) is 0 Å². The van der Waals surface area contributed by atoms with Crippen LogP contribution in [0.1, 0.15) is 11.1 Å². The number of carbonyl (C=O) groups is 2. The highest BCUT2D eigenvalue weighted by molar-refractivity contribution is 8.13. The van der Waals surface area contributed by atoms with Gasteiger partial charge in [0.2, 0.25) is 0 Å². The van der Waals surface area contributed by atoms with E-state index in [-0.39, 0.29) is 11.1 Å². The Morgan fingerprint density at radius 2 is 0.882 bits per heavy atom. The molecule has 0 spiro atoms. The molecule has 0 aliphatic carbocycles. The Morgan fingerprint density at radius 1 is 0.588 bits per heavy atom. The predicted molar refractivity (Wildman–Crippen MR) is 90.9 cm³/mol. The van der Waals surface area contributed by atoms with Crippen molar-refractivity contribution in [1.29, 1.82) is 0 Å². The summed E-state index contributed by atoms with van der Waals surface area (Å²) in [6, 6.07) is 3.84. The summed E-state index contributed by atoms with van der Waals surface area (Å²) in [6.45, 7) is 0. The smallest absolute Gasteiger partial charge is 0.280 e. The minimum Gasteiger partial charge on any atom is -0.280 e. The number of alkyl halides is 14. The molecule has 2 nitrogen and oxygen atoms in total. The lowest BCUT2D eigenvalue weighted by Crippen LogP contribution is -2.55. The van der Waals surface area contributed by atoms with Crippen molar-refractivity contribution in [3.63, 3.8) is 0 Å². The highest BCUT2D eigenvalue weighted by Crippen LogP contribution is 2.49. The van der Waals surface area contributed by atoms with Gasteiger partial charge in [-0.1, -0.05) is 47.8 Å². The first-order valence-corrected chi connectivity index (χ1v) is 10.0. The second-order valence-electron chi connectivity index (χ2n) is 6.27. The molecule has 18 heteroatoms. The minimum atomic E-state index is -6.75. The normalized spacial score (nSPS) is 14.3. The monoisotopic (exact) mass is 562 g/mol. The molecule has 0 saturated carbocycles. The van der Waals surface area contributed by atoms with Crippen molar-refractivity contribution in [1.82, 2.24) is 0 Å². The van der Waals surface area contributed by atoms with Gasteiger partial charge in [-0.05, 0) is 11.1 Å². The van der Waals surface area contributed by atoms with Crippen molar-refractivity contribution in [2.75, 3.05) is 0 Å². The third-order valence-electron chi connectivity index (χ3n) is 3.74. The molecule has 1 aromatic carbocycles. The quantitative estimate of drug-likeness (QED) is 0.324. The summed E-state index contributed by atoms with van der Waals surface area (Å²) in [7, 11) is 0. The number of halogens is 14. The zero-order chi connectivity index (χ0) is 27.0. The number of rotatable bonds is 8. The lowest BCUT2D eigenvalue weighted by molar-refractivity contribution is -0.341. The first kappa shape index (κ1) is 30.3. The zero-order valence-corrected chi connectivity index (χ0v) is 17.3. The Kier molecular flexibility index (Phi) is 8.68. The van der Waals surface area contributed by atoms with Crippen LogP contribution in [0.5, 0.6) is 0 Å². The molecule has 194 valence electrons. The van der Waals surface area contributed by atoms with Crippen molar-refractivity contribution in [3.05, 3.63) is 35.4 Å². The van der Waals surface area contributed by atoms with E-state index in [4.69, 9.17) is 0 Å². The maximum absolute atomic E-state index is 13.3. The molecule has 0 atom stereocenters. The maximum Gasteiger partial charge on any atom is 0.460 e. The number of thioether (sulfide) groups is 2. The van der Waals surface area contributed by atoms with E-state index in [0.717, 1.165) is 24.3 Å². The van der Waals surface area contributed by atoms with Crippen molar-refractivity contribution >= 4 is 33.8 Å². The molecule has 0 bridgehead atoms. The number of carbonyl (C=O) groups excluding carboxylic acids is 2. The van der Waals surface area contributed by atoms with E-state index in [9.17, 15) is 71.1 Å². The summed E-state index contributed by atoms with van der Waals surface area (Å²) in [6.07, 6.45) is -13.5. The second-order valence-corrected chi connectivity index (χ2v) is 8.16. The first-order valence-electron chi connectivity index (χ1n) is 8.07. The van der Waals surface area contributed by atoms with E-state index in [1.165, 1.54) is 0 Å². The fourth-order valence-electron chi connectivity index (χ4n) is 1.90. The van der Waals surface area contributed by atoms with Crippen LogP contribution in [0.3, 0.4) is 0 Å². The average Bonchev–Trinajstić information content (AvgIpc) is 2.68. The molecule has 1 aromatic rings. The molecule has 0 saturated heterocycles. The Labute approximate surface area is 188 Å². The lowest BCUT2D eigenvalue weighted by atomic mass is 10.2. The molecule has 1 rings (SSSR count). The van der Waals surface area contributed by atoms with Crippen LogP contribution in [0.4, 0.5) is 61.5 Å². The summed E-state index contributed by atoms with van der Waals surface area (Å²) in [5, 5.41) is -5.72. The third kappa shape index (κ3) is 5.91. The first-order chi connectivity index (χ1) is 15.0. The molecule has 0 radical (unpaired) electrons. The summed E-state index contributed by atoms with van der Waals surface area (Å²) >= 11 is -1.33. The van der Waals surface area contributed by atoms with Crippen molar-refractivity contribution in [2.24, 2.45) is 0 Å². The van der Waals surface area contributed by atoms with Gasteiger partial charge in [-0.25, -0.2) is 0 Å². The highest BCUT2D eigenvalue weighted by Gasteiger charge is 2.77. The minimum absolute atomic E-state index is 0.248. The molecule has 0 fully saturated rings. The second kappa shape index (κ2) is 9.73. The van der Waals surface area contributed by atoms with Crippen LogP contribution in [0.2, 0.25) is 0 Å². The van der Waals surface area contributed by atoms with Crippen molar-refractivity contribution < 1.29 is 71.1 Å². The van der Waals surface area contributed by atoms with Gasteiger partial charge >= 0.3 is 36.0 Å². The maximum atomic E-state index is 13.3. The fourth-order valence-corrected chi connectivity index (χ4v) is 3.47. The molecule has 0 aliphatic rings. The van der Waals surface area contributed by atoms with Gasteiger partial charge in [0.05, 0.1) is 0 Å². The Hall–Kier alpha value is -1.72. The molecular weight excluding hydrogens is 554 g/mol. The molecule has 0 heterocycles. The number of hydrogen-bond donors (Lipinski definition) is 0. The Balaban J connectivity index is 2.88. The largest absolute Gasteiger partial charge is 0.460 e. The molecule has 0 aromatic heterocycles. The summed E-state index contributed by atoms with van der Waals surface area (Å²) in [5.74, 6) is -27.6. The van der Waals surface area contributed by atoms with E-state index in [1.807, 2.05) is 0 Å². The van der Waals surface area contributed by atoms with Gasteiger partial charge in [0.1, 0.15) is 0 Å². The Morgan fingerprint density at radius 3 is 1.15 bits per heavy atom. The fraction of sp³-hybridized carbons (Fsp3) is 0.500. The van der Waals surface area contributed by atoms with E-state index in [1.54, 1.807) is 0 Å².